The molecule has 2 aromatic rings. The lowest BCUT2D eigenvalue weighted by atomic mass is 9.79. The smallest absolute Gasteiger partial charge is 0.0973 e. The molecule has 0 bridgehead atoms. The van der Waals surface area contributed by atoms with Gasteiger partial charge in [0.25, 0.3) is 0 Å². The first-order chi connectivity index (χ1) is 8.43. The van der Waals surface area contributed by atoms with Crippen molar-refractivity contribution in [1.82, 2.24) is 0 Å². The molecule has 1 atom stereocenters. The second kappa shape index (κ2) is 5.33. The Hall–Kier alpha value is -0.350. The Morgan fingerprint density at radius 3 is 2.39 bits per heavy atom. The highest BCUT2D eigenvalue weighted by Crippen LogP contribution is 2.43. The van der Waals surface area contributed by atoms with E-state index >= 15 is 0 Å². The predicted molar refractivity (Wildman–Crippen MR) is 81.5 cm³/mol. The molecule has 0 aliphatic heterocycles. The minimum atomic E-state index is -0.575. The van der Waals surface area contributed by atoms with Crippen LogP contribution in [0.15, 0.2) is 40.2 Å². The molecule has 0 fully saturated rings. The second-order valence-corrected chi connectivity index (χ2v) is 7.57. The fourth-order valence-corrected chi connectivity index (χ4v) is 3.80. The van der Waals surface area contributed by atoms with Crippen molar-refractivity contribution >= 4 is 38.9 Å². The van der Waals surface area contributed by atoms with Crippen LogP contribution in [0.25, 0.3) is 0 Å². The molecule has 1 N–H and O–H groups in total. The van der Waals surface area contributed by atoms with E-state index in [1.165, 1.54) is 11.3 Å². The largest absolute Gasteiger partial charge is 0.387 e. The van der Waals surface area contributed by atoms with Gasteiger partial charge < -0.3 is 5.11 Å². The summed E-state index contributed by atoms with van der Waals surface area (Å²) in [5.41, 5.74) is 0.757. The third-order valence-corrected chi connectivity index (χ3v) is 5.66. The van der Waals surface area contributed by atoms with Crippen LogP contribution in [-0.2, 0) is 5.41 Å². The van der Waals surface area contributed by atoms with Gasteiger partial charge in [-0.2, -0.15) is 0 Å². The lowest BCUT2D eigenvalue weighted by Gasteiger charge is -2.30. The first-order valence-corrected chi connectivity index (χ1v) is 7.60. The van der Waals surface area contributed by atoms with Gasteiger partial charge in [0.15, 0.2) is 0 Å². The molecule has 0 saturated heterocycles. The molecule has 0 radical (unpaired) electrons. The van der Waals surface area contributed by atoms with Gasteiger partial charge in [-0.3, -0.25) is 0 Å². The van der Waals surface area contributed by atoms with Crippen LogP contribution in [0.3, 0.4) is 0 Å². The van der Waals surface area contributed by atoms with Gasteiger partial charge in [-0.1, -0.05) is 55.8 Å². The van der Waals surface area contributed by atoms with E-state index in [1.54, 1.807) is 0 Å². The van der Waals surface area contributed by atoms with E-state index in [4.69, 9.17) is 11.6 Å². The van der Waals surface area contributed by atoms with Crippen molar-refractivity contribution < 1.29 is 5.11 Å². The number of halogens is 2. The maximum Gasteiger partial charge on any atom is 0.0973 e. The first-order valence-electron chi connectivity index (χ1n) is 5.61. The Bertz CT molecular complexity index is 516. The minimum Gasteiger partial charge on any atom is -0.387 e. The maximum absolute atomic E-state index is 10.6. The van der Waals surface area contributed by atoms with Crippen LogP contribution in [0.1, 0.15) is 30.4 Å². The van der Waals surface area contributed by atoms with Gasteiger partial charge in [-0.05, 0) is 27.6 Å². The Kier molecular flexibility index (Phi) is 4.17. The fraction of sp³-hybridized carbons (Fsp3) is 0.286. The quantitative estimate of drug-likeness (QED) is 0.813. The van der Waals surface area contributed by atoms with E-state index in [0.717, 1.165) is 14.2 Å². The molecular weight excluding hydrogens is 332 g/mol. The number of aliphatic hydroxyl groups is 1. The number of benzene rings is 1. The zero-order valence-electron chi connectivity index (χ0n) is 10.2. The van der Waals surface area contributed by atoms with Gasteiger partial charge in [-0.25, -0.2) is 0 Å². The van der Waals surface area contributed by atoms with Crippen molar-refractivity contribution in [2.45, 2.75) is 25.4 Å². The van der Waals surface area contributed by atoms with Crippen molar-refractivity contribution in [1.29, 1.82) is 0 Å². The molecule has 1 nitrogen and oxygen atoms in total. The van der Waals surface area contributed by atoms with E-state index < -0.39 is 6.10 Å². The highest BCUT2D eigenvalue weighted by Gasteiger charge is 2.32. The Balaban J connectivity index is 2.35. The van der Waals surface area contributed by atoms with Crippen molar-refractivity contribution in [2.75, 3.05) is 0 Å². The summed E-state index contributed by atoms with van der Waals surface area (Å²) in [4.78, 5) is 0.876. The molecule has 96 valence electrons. The summed E-state index contributed by atoms with van der Waals surface area (Å²) in [5.74, 6) is 0. The summed E-state index contributed by atoms with van der Waals surface area (Å²) in [6, 6.07) is 11.8. The van der Waals surface area contributed by atoms with Gasteiger partial charge in [0.05, 0.1) is 14.9 Å². The maximum atomic E-state index is 10.6. The summed E-state index contributed by atoms with van der Waals surface area (Å²) < 4.78 is 0.863. The molecule has 4 heteroatoms. The Morgan fingerprint density at radius 1 is 1.28 bits per heavy atom. The van der Waals surface area contributed by atoms with Crippen molar-refractivity contribution in [3.8, 4) is 0 Å². The number of thiophene rings is 1. The molecule has 1 heterocycles. The number of hydrogen-bond donors (Lipinski definition) is 1. The average molecular weight is 346 g/mol. The van der Waals surface area contributed by atoms with Crippen molar-refractivity contribution in [3.63, 3.8) is 0 Å². The average Bonchev–Trinajstić information content (AvgIpc) is 2.69. The second-order valence-electron chi connectivity index (χ2n) is 4.76. The zero-order valence-corrected chi connectivity index (χ0v) is 13.3. The topological polar surface area (TPSA) is 20.2 Å². The first kappa shape index (κ1) is 14.1. The molecule has 0 spiro atoms. The SMILES string of the molecule is CC(C)(c1ccccc1)C(O)c1cc(Cl)c(Br)s1. The van der Waals surface area contributed by atoms with Gasteiger partial charge in [-0.15, -0.1) is 11.3 Å². The Morgan fingerprint density at radius 2 is 1.89 bits per heavy atom. The van der Waals surface area contributed by atoms with Crippen molar-refractivity contribution in [3.05, 3.63) is 55.6 Å². The highest BCUT2D eigenvalue weighted by molar-refractivity contribution is 9.11. The summed E-state index contributed by atoms with van der Waals surface area (Å²) in [7, 11) is 0. The normalized spacial score (nSPS) is 13.6. The van der Waals surface area contributed by atoms with E-state index in [1.807, 2.05) is 50.2 Å². The van der Waals surface area contributed by atoms with Crippen LogP contribution >= 0.6 is 38.9 Å². The Labute approximate surface area is 125 Å². The van der Waals surface area contributed by atoms with Crippen LogP contribution in [0.2, 0.25) is 5.02 Å². The van der Waals surface area contributed by atoms with Crippen LogP contribution in [0.5, 0.6) is 0 Å². The molecule has 0 saturated carbocycles. The van der Waals surface area contributed by atoms with E-state index in [-0.39, 0.29) is 5.41 Å². The molecule has 0 amide bonds. The number of aliphatic hydroxyl groups excluding tert-OH is 1. The molecule has 1 aromatic carbocycles. The van der Waals surface area contributed by atoms with E-state index in [9.17, 15) is 5.11 Å². The molecule has 18 heavy (non-hydrogen) atoms. The van der Waals surface area contributed by atoms with E-state index in [2.05, 4.69) is 15.9 Å². The zero-order chi connectivity index (χ0) is 13.3. The van der Waals surface area contributed by atoms with Gasteiger partial charge >= 0.3 is 0 Å². The van der Waals surface area contributed by atoms with Gasteiger partial charge in [0.1, 0.15) is 0 Å². The highest BCUT2D eigenvalue weighted by atomic mass is 79.9. The van der Waals surface area contributed by atoms with Gasteiger partial charge in [0, 0.05) is 10.3 Å². The van der Waals surface area contributed by atoms with Crippen LogP contribution in [0.4, 0.5) is 0 Å². The van der Waals surface area contributed by atoms with Crippen LogP contribution in [-0.4, -0.2) is 5.11 Å². The van der Waals surface area contributed by atoms with Crippen LogP contribution in [0, 0.1) is 0 Å². The lowest BCUT2D eigenvalue weighted by Crippen LogP contribution is -2.26. The molecule has 0 aliphatic rings. The molecule has 1 aromatic heterocycles. The van der Waals surface area contributed by atoms with Crippen LogP contribution < -0.4 is 0 Å². The third-order valence-electron chi connectivity index (χ3n) is 3.14. The number of hydrogen-bond acceptors (Lipinski definition) is 2. The monoisotopic (exact) mass is 344 g/mol. The molecule has 1 unspecified atom stereocenters. The third kappa shape index (κ3) is 2.64. The fourth-order valence-electron chi connectivity index (χ4n) is 1.88. The number of rotatable bonds is 3. The van der Waals surface area contributed by atoms with Crippen molar-refractivity contribution in [2.24, 2.45) is 0 Å². The molecule has 0 aliphatic carbocycles. The summed E-state index contributed by atoms with van der Waals surface area (Å²) >= 11 is 10.9. The standard InChI is InChI=1S/C14H14BrClOS/c1-14(2,9-6-4-3-5-7-9)12(17)11-8-10(16)13(15)18-11/h3-8,12,17H,1-2H3. The van der Waals surface area contributed by atoms with E-state index in [0.29, 0.717) is 5.02 Å². The minimum absolute atomic E-state index is 0.352. The molecular formula is C14H14BrClOS. The van der Waals surface area contributed by atoms with Gasteiger partial charge in [0.2, 0.25) is 0 Å². The predicted octanol–water partition coefficient (Wildman–Crippen LogP) is 5.18. The molecule has 2 rings (SSSR count). The summed E-state index contributed by atoms with van der Waals surface area (Å²) in [6.45, 7) is 4.07. The summed E-state index contributed by atoms with van der Waals surface area (Å²) in [6.07, 6.45) is -0.575. The lowest BCUT2D eigenvalue weighted by molar-refractivity contribution is 0.104. The summed E-state index contributed by atoms with van der Waals surface area (Å²) in [5, 5.41) is 11.2.